The number of nitrogens with zero attached hydrogens (tertiary/aromatic N) is 3. The highest BCUT2D eigenvalue weighted by atomic mass is 16.2. The van der Waals surface area contributed by atoms with Crippen LogP contribution in [0.1, 0.15) is 26.5 Å². The van der Waals surface area contributed by atoms with Gasteiger partial charge in [0.25, 0.3) is 17.4 Å². The first-order chi connectivity index (χ1) is 14.5. The fourth-order valence-corrected chi connectivity index (χ4v) is 3.06. The van der Waals surface area contributed by atoms with Crippen LogP contribution in [0.5, 0.6) is 0 Å². The highest BCUT2D eigenvalue weighted by Crippen LogP contribution is 2.13. The number of aromatic nitrogens is 3. The number of carbonyl (C=O) groups is 2. The summed E-state index contributed by atoms with van der Waals surface area (Å²) in [5.41, 5.74) is 6.39. The van der Waals surface area contributed by atoms with Crippen LogP contribution in [0.25, 0.3) is 16.6 Å². The molecule has 2 N–H and O–H groups in total. The molecule has 0 unspecified atom stereocenters. The van der Waals surface area contributed by atoms with Crippen molar-refractivity contribution in [3.8, 4) is 5.69 Å². The van der Waals surface area contributed by atoms with Crippen LogP contribution in [0.15, 0.2) is 77.9 Å². The summed E-state index contributed by atoms with van der Waals surface area (Å²) in [4.78, 5) is 45.5. The van der Waals surface area contributed by atoms with Crippen LogP contribution in [0.2, 0.25) is 0 Å². The molecule has 148 valence electrons. The minimum atomic E-state index is -0.487. The van der Waals surface area contributed by atoms with Crippen LogP contribution >= 0.6 is 0 Å². The van der Waals surface area contributed by atoms with Gasteiger partial charge in [0.1, 0.15) is 5.82 Å². The Labute approximate surface area is 171 Å². The summed E-state index contributed by atoms with van der Waals surface area (Å²) in [5, 5.41) is 0.517. The van der Waals surface area contributed by atoms with Crippen molar-refractivity contribution < 1.29 is 9.59 Å². The van der Waals surface area contributed by atoms with Gasteiger partial charge in [-0.05, 0) is 55.5 Å². The fourth-order valence-electron chi connectivity index (χ4n) is 3.06. The summed E-state index contributed by atoms with van der Waals surface area (Å²) in [6, 6.07) is 16.8. The maximum absolute atomic E-state index is 12.9. The van der Waals surface area contributed by atoms with E-state index < -0.39 is 11.8 Å². The Morgan fingerprint density at radius 3 is 2.27 bits per heavy atom. The maximum Gasteiger partial charge on any atom is 0.271 e. The number of nitrogens with one attached hydrogen (secondary N) is 2. The van der Waals surface area contributed by atoms with Crippen molar-refractivity contribution >= 4 is 22.7 Å². The molecule has 8 heteroatoms. The van der Waals surface area contributed by atoms with Gasteiger partial charge in [-0.2, -0.15) is 0 Å². The molecule has 30 heavy (non-hydrogen) atoms. The second-order valence-electron chi connectivity index (χ2n) is 6.51. The predicted molar refractivity (Wildman–Crippen MR) is 111 cm³/mol. The summed E-state index contributed by atoms with van der Waals surface area (Å²) in [7, 11) is 0. The molecular formula is C22H17N5O3. The Balaban J connectivity index is 1.53. The van der Waals surface area contributed by atoms with E-state index in [1.165, 1.54) is 10.8 Å². The zero-order valence-electron chi connectivity index (χ0n) is 16.0. The molecule has 0 aliphatic heterocycles. The van der Waals surface area contributed by atoms with Gasteiger partial charge in [-0.15, -0.1) is 0 Å². The van der Waals surface area contributed by atoms with Gasteiger partial charge < -0.3 is 0 Å². The van der Waals surface area contributed by atoms with Crippen molar-refractivity contribution in [2.75, 3.05) is 0 Å². The predicted octanol–water partition coefficient (Wildman–Crippen LogP) is 2.16. The van der Waals surface area contributed by atoms with E-state index in [1.54, 1.807) is 67.7 Å². The first-order valence-electron chi connectivity index (χ1n) is 9.14. The van der Waals surface area contributed by atoms with Crippen molar-refractivity contribution in [3.63, 3.8) is 0 Å². The lowest BCUT2D eigenvalue weighted by molar-refractivity contribution is 0.0846. The first-order valence-corrected chi connectivity index (χ1v) is 9.14. The van der Waals surface area contributed by atoms with E-state index in [2.05, 4.69) is 20.8 Å². The molecule has 0 spiro atoms. The fraction of sp³-hybridized carbons (Fsp3) is 0.0455. The van der Waals surface area contributed by atoms with Crippen LogP contribution < -0.4 is 16.4 Å². The van der Waals surface area contributed by atoms with Gasteiger partial charge in [0.05, 0.1) is 22.2 Å². The van der Waals surface area contributed by atoms with E-state index in [-0.39, 0.29) is 5.56 Å². The number of fused-ring (bicyclic) bond motifs is 1. The van der Waals surface area contributed by atoms with Crippen LogP contribution in [-0.2, 0) is 0 Å². The molecule has 0 bridgehead atoms. The smallest absolute Gasteiger partial charge is 0.268 e. The van der Waals surface area contributed by atoms with Crippen LogP contribution in [0.3, 0.4) is 0 Å². The molecule has 4 aromatic rings. The molecule has 2 aromatic carbocycles. The molecule has 0 saturated heterocycles. The molecule has 4 rings (SSSR count). The van der Waals surface area contributed by atoms with Gasteiger partial charge in [0.15, 0.2) is 0 Å². The lowest BCUT2D eigenvalue weighted by atomic mass is 10.2. The lowest BCUT2D eigenvalue weighted by Crippen LogP contribution is -2.41. The van der Waals surface area contributed by atoms with E-state index in [0.717, 1.165) is 0 Å². The van der Waals surface area contributed by atoms with Crippen LogP contribution in [0.4, 0.5) is 0 Å². The van der Waals surface area contributed by atoms with Crippen LogP contribution in [0, 0.1) is 6.92 Å². The number of hydrogen-bond donors (Lipinski definition) is 2. The normalized spacial score (nSPS) is 10.6. The van der Waals surface area contributed by atoms with Gasteiger partial charge in [-0.3, -0.25) is 34.8 Å². The average Bonchev–Trinajstić information content (AvgIpc) is 2.78. The summed E-state index contributed by atoms with van der Waals surface area (Å²) in [5.74, 6) is -0.420. The van der Waals surface area contributed by atoms with Crippen molar-refractivity contribution in [2.24, 2.45) is 0 Å². The third kappa shape index (κ3) is 3.66. The summed E-state index contributed by atoms with van der Waals surface area (Å²) < 4.78 is 1.49. The Bertz CT molecular complexity index is 1300. The Hall–Kier alpha value is -4.33. The topological polar surface area (TPSA) is 106 Å². The van der Waals surface area contributed by atoms with Crippen molar-refractivity contribution in [3.05, 3.63) is 100 Å². The van der Waals surface area contributed by atoms with E-state index in [4.69, 9.17) is 0 Å². The maximum atomic E-state index is 12.9. The lowest BCUT2D eigenvalue weighted by Gasteiger charge is -2.12. The molecule has 2 heterocycles. The zero-order chi connectivity index (χ0) is 21.1. The number of amides is 2. The average molecular weight is 399 g/mol. The largest absolute Gasteiger partial charge is 0.271 e. The Kier molecular flexibility index (Phi) is 5.04. The molecule has 0 radical (unpaired) electrons. The van der Waals surface area contributed by atoms with Gasteiger partial charge in [-0.25, -0.2) is 4.98 Å². The SMILES string of the molecule is Cc1nc2ccccc2c(=O)n1-c1ccc(C(=O)NNC(=O)c2cccnc2)cc1. The Morgan fingerprint density at radius 1 is 0.867 bits per heavy atom. The van der Waals surface area contributed by atoms with Crippen molar-refractivity contribution in [1.82, 2.24) is 25.4 Å². The summed E-state index contributed by atoms with van der Waals surface area (Å²) in [6.45, 7) is 1.75. The molecule has 8 nitrogen and oxygen atoms in total. The van der Waals surface area contributed by atoms with Gasteiger partial charge in [0.2, 0.25) is 0 Å². The molecule has 2 aromatic heterocycles. The molecular weight excluding hydrogens is 382 g/mol. The van der Waals surface area contributed by atoms with Crippen molar-refractivity contribution in [2.45, 2.75) is 6.92 Å². The molecule has 0 atom stereocenters. The minimum absolute atomic E-state index is 0.181. The van der Waals surface area contributed by atoms with Gasteiger partial charge in [-0.1, -0.05) is 12.1 Å². The number of hydrazine groups is 1. The van der Waals surface area contributed by atoms with E-state index in [1.807, 2.05) is 6.07 Å². The number of carbonyl (C=O) groups excluding carboxylic acids is 2. The number of hydrogen-bond acceptors (Lipinski definition) is 5. The second kappa shape index (κ2) is 7.96. The van der Waals surface area contributed by atoms with Gasteiger partial charge in [0, 0.05) is 18.0 Å². The summed E-state index contributed by atoms with van der Waals surface area (Å²) in [6.07, 6.45) is 2.95. The number of benzene rings is 2. The second-order valence-corrected chi connectivity index (χ2v) is 6.51. The standard InChI is InChI=1S/C22H17N5O3/c1-14-24-19-7-3-2-6-18(19)22(30)27(14)17-10-8-15(9-11-17)20(28)25-26-21(29)16-5-4-12-23-13-16/h2-13H,1H3,(H,25,28)(H,26,29). The molecule has 0 aliphatic carbocycles. The zero-order valence-corrected chi connectivity index (χ0v) is 16.0. The van der Waals surface area contributed by atoms with E-state index >= 15 is 0 Å². The Morgan fingerprint density at radius 2 is 1.57 bits per heavy atom. The molecule has 0 saturated carbocycles. The monoisotopic (exact) mass is 399 g/mol. The van der Waals surface area contributed by atoms with Crippen LogP contribution in [-0.4, -0.2) is 26.3 Å². The molecule has 0 fully saturated rings. The number of aryl methyl sites for hydroxylation is 1. The molecule has 2 amide bonds. The third-order valence-corrected chi connectivity index (χ3v) is 4.54. The quantitative estimate of drug-likeness (QED) is 0.514. The highest BCUT2D eigenvalue weighted by molar-refractivity contribution is 5.99. The molecule has 0 aliphatic rings. The number of rotatable bonds is 3. The number of pyridine rings is 1. The third-order valence-electron chi connectivity index (χ3n) is 4.54. The summed E-state index contributed by atoms with van der Waals surface area (Å²) >= 11 is 0. The highest BCUT2D eigenvalue weighted by Gasteiger charge is 2.12. The first kappa shape index (κ1) is 19.0. The van der Waals surface area contributed by atoms with Crippen molar-refractivity contribution in [1.29, 1.82) is 0 Å². The van der Waals surface area contributed by atoms with E-state index in [0.29, 0.717) is 33.5 Å². The van der Waals surface area contributed by atoms with Gasteiger partial charge >= 0.3 is 0 Å². The number of para-hydroxylation sites is 1. The van der Waals surface area contributed by atoms with E-state index in [9.17, 15) is 14.4 Å². The minimum Gasteiger partial charge on any atom is -0.268 e.